The minimum absolute atomic E-state index is 0.0828. The Morgan fingerprint density at radius 1 is 0.571 bits per heavy atom. The summed E-state index contributed by atoms with van der Waals surface area (Å²) in [6.07, 6.45) is 23.1. The first-order chi connectivity index (χ1) is 27.4. The number of aromatic nitrogens is 2. The maximum atomic E-state index is 9.30. The van der Waals surface area contributed by atoms with Crippen molar-refractivity contribution in [3.05, 3.63) is 102 Å². The molecule has 0 bridgehead atoms. The van der Waals surface area contributed by atoms with Gasteiger partial charge in [-0.25, -0.2) is 9.97 Å². The lowest BCUT2D eigenvalue weighted by molar-refractivity contribution is -0.0373. The van der Waals surface area contributed by atoms with Gasteiger partial charge in [-0.3, -0.25) is 0 Å². The van der Waals surface area contributed by atoms with E-state index in [-0.39, 0.29) is 23.0 Å². The summed E-state index contributed by atoms with van der Waals surface area (Å²) < 4.78 is 14.3. The summed E-state index contributed by atoms with van der Waals surface area (Å²) in [6, 6.07) is 15.8. The Kier molecular flexibility index (Phi) is 8.58. The third-order valence-corrected chi connectivity index (χ3v) is 16.2. The molecule has 0 amide bonds. The molecule has 4 aromatic rings. The van der Waals surface area contributed by atoms with Crippen molar-refractivity contribution in [1.82, 2.24) is 9.97 Å². The van der Waals surface area contributed by atoms with E-state index in [1.165, 1.54) is 22.6 Å². The van der Waals surface area contributed by atoms with Crippen molar-refractivity contribution in [2.75, 3.05) is 0 Å². The fourth-order valence-corrected chi connectivity index (χ4v) is 13.4. The van der Waals surface area contributed by atoms with Crippen LogP contribution in [0.5, 0.6) is 0 Å². The molecule has 0 saturated heterocycles. The molecule has 6 heterocycles. The summed E-state index contributed by atoms with van der Waals surface area (Å²) in [7, 11) is 0. The molecule has 274 valence electrons. The molecule has 2 fully saturated rings. The predicted molar refractivity (Wildman–Crippen MR) is 220 cm³/mol. The van der Waals surface area contributed by atoms with E-state index in [2.05, 4.69) is 24.3 Å². The molecular formula is C44H32N6O2S4. The Labute approximate surface area is 340 Å². The number of hydrogen-bond donors (Lipinski definition) is 0. The second-order valence-corrected chi connectivity index (χ2v) is 19.3. The third-order valence-electron chi connectivity index (χ3n) is 11.7. The zero-order chi connectivity index (χ0) is 38.0. The fraction of sp³-hybridized carbons (Fsp3) is 0.318. The van der Waals surface area contributed by atoms with Crippen LogP contribution in [-0.2, 0) is 20.7 Å². The first kappa shape index (κ1) is 35.1. The molecule has 2 saturated carbocycles. The highest BCUT2D eigenvalue weighted by Gasteiger charge is 2.50. The van der Waals surface area contributed by atoms with Crippen LogP contribution < -0.4 is 0 Å². The number of ether oxygens (including phenoxy) is 2. The average molecular weight is 805 g/mol. The molecule has 6 aliphatic rings. The lowest BCUT2D eigenvalue weighted by Gasteiger charge is -2.45. The van der Waals surface area contributed by atoms with Gasteiger partial charge in [0.25, 0.3) is 0 Å². The molecule has 2 aliphatic heterocycles. The lowest BCUT2D eigenvalue weighted by Crippen LogP contribution is -2.38. The van der Waals surface area contributed by atoms with Gasteiger partial charge in [-0.2, -0.15) is 21.0 Å². The summed E-state index contributed by atoms with van der Waals surface area (Å²) in [6.45, 7) is 0. The van der Waals surface area contributed by atoms with Gasteiger partial charge in [-0.15, -0.1) is 45.3 Å². The van der Waals surface area contributed by atoms with Gasteiger partial charge in [-0.05, 0) is 99.9 Å². The molecule has 2 spiro atoms. The molecule has 4 aliphatic carbocycles. The number of allylic oxidation sites excluding steroid dienone is 8. The van der Waals surface area contributed by atoms with Crippen molar-refractivity contribution in [1.29, 1.82) is 21.0 Å². The van der Waals surface area contributed by atoms with Crippen molar-refractivity contribution in [2.45, 2.75) is 75.4 Å². The van der Waals surface area contributed by atoms with Crippen LogP contribution >= 0.6 is 45.3 Å². The van der Waals surface area contributed by atoms with Gasteiger partial charge in [0.2, 0.25) is 0 Å². The van der Waals surface area contributed by atoms with E-state index in [4.69, 9.17) is 19.4 Å². The Balaban J connectivity index is 1.04. The van der Waals surface area contributed by atoms with E-state index in [9.17, 15) is 21.0 Å². The number of rotatable bonds is 4. The molecule has 0 radical (unpaired) electrons. The van der Waals surface area contributed by atoms with E-state index in [0.717, 1.165) is 115 Å². The van der Waals surface area contributed by atoms with E-state index in [0.29, 0.717) is 0 Å². The van der Waals surface area contributed by atoms with Gasteiger partial charge < -0.3 is 9.47 Å². The SMILES string of the molecule is N#CC(C#N)=Cc1ccc(-c2nc3c(s2)C2=CC4C=C5OC6(CCCCC6)c6nc(-c7ccc(C=C(C#N)C#N)s7)sc6C5=CC4C=C2OC32CCCCC2)s1. The summed E-state index contributed by atoms with van der Waals surface area (Å²) >= 11 is 6.52. The van der Waals surface area contributed by atoms with Crippen LogP contribution in [0, 0.1) is 57.2 Å². The summed E-state index contributed by atoms with van der Waals surface area (Å²) in [5.74, 6) is 2.04. The quantitative estimate of drug-likeness (QED) is 0.186. The van der Waals surface area contributed by atoms with Crippen molar-refractivity contribution < 1.29 is 9.47 Å². The molecule has 0 N–H and O–H groups in total. The highest BCUT2D eigenvalue weighted by Crippen LogP contribution is 2.58. The molecule has 0 aromatic carbocycles. The van der Waals surface area contributed by atoms with E-state index in [1.54, 1.807) is 57.5 Å². The zero-order valence-electron chi connectivity index (χ0n) is 30.1. The van der Waals surface area contributed by atoms with Crippen LogP contribution in [0.4, 0.5) is 0 Å². The second kappa shape index (κ2) is 13.7. The monoisotopic (exact) mass is 804 g/mol. The van der Waals surface area contributed by atoms with Crippen molar-refractivity contribution in [3.63, 3.8) is 0 Å². The van der Waals surface area contributed by atoms with E-state index < -0.39 is 11.2 Å². The van der Waals surface area contributed by atoms with Crippen LogP contribution in [0.15, 0.2) is 71.2 Å². The number of fused-ring (bicyclic) bond motifs is 9. The average Bonchev–Trinajstić information content (AvgIpc) is 4.06. The van der Waals surface area contributed by atoms with Crippen LogP contribution in [0.25, 0.3) is 43.1 Å². The standard InChI is InChI=1S/C44H32N6O2S4/c45-21-25(22-46)15-29-7-9-35(53-29)41-49-39-37(55-41)31-17-28-20-34-32(18-27(28)19-33(31)51-43(39)11-3-1-4-12-43)38-40(44(52-34)13-5-2-6-14-44)50-42(56-38)36-10-8-30(54-36)16-26(23-47)24-48/h7-10,15-20,27-28H,1-6,11-14H2. The molecule has 8 nitrogen and oxygen atoms in total. The maximum Gasteiger partial charge on any atom is 0.152 e. The molecule has 12 heteroatoms. The molecule has 2 atom stereocenters. The molecule has 10 rings (SSSR count). The normalized spacial score (nSPS) is 21.8. The third kappa shape index (κ3) is 5.75. The number of thiazole rings is 2. The van der Waals surface area contributed by atoms with Gasteiger partial charge in [0.1, 0.15) is 68.3 Å². The summed E-state index contributed by atoms with van der Waals surface area (Å²) in [5.41, 5.74) is 3.53. The topological polar surface area (TPSA) is 139 Å². The number of thiophene rings is 2. The second-order valence-electron chi connectivity index (χ2n) is 15.1. The number of nitriles is 4. The van der Waals surface area contributed by atoms with Gasteiger partial charge in [0.15, 0.2) is 11.2 Å². The fourth-order valence-electron chi connectivity index (χ4n) is 9.00. The van der Waals surface area contributed by atoms with Gasteiger partial charge in [0, 0.05) is 32.7 Å². The molecular weight excluding hydrogens is 773 g/mol. The van der Waals surface area contributed by atoms with Crippen molar-refractivity contribution in [2.24, 2.45) is 11.8 Å². The van der Waals surface area contributed by atoms with Crippen molar-refractivity contribution >= 4 is 68.6 Å². The minimum atomic E-state index is -0.465. The summed E-state index contributed by atoms with van der Waals surface area (Å²) in [5, 5.41) is 39.1. The maximum absolute atomic E-state index is 9.30. The smallest absolute Gasteiger partial charge is 0.152 e. The number of nitrogens with zero attached hydrogens (tertiary/aromatic N) is 6. The van der Waals surface area contributed by atoms with Crippen molar-refractivity contribution in [3.8, 4) is 44.0 Å². The highest BCUT2D eigenvalue weighted by atomic mass is 32.1. The van der Waals surface area contributed by atoms with Crippen LogP contribution in [0.1, 0.15) is 95.1 Å². The van der Waals surface area contributed by atoms with E-state index in [1.807, 2.05) is 48.5 Å². The Bertz CT molecular complexity index is 2470. The van der Waals surface area contributed by atoms with Crippen LogP contribution in [0.3, 0.4) is 0 Å². The van der Waals surface area contributed by atoms with Gasteiger partial charge >= 0.3 is 0 Å². The Morgan fingerprint density at radius 3 is 1.38 bits per heavy atom. The minimum Gasteiger partial charge on any atom is -0.481 e. The molecule has 4 aromatic heterocycles. The Morgan fingerprint density at radius 2 is 0.982 bits per heavy atom. The van der Waals surface area contributed by atoms with Gasteiger partial charge in [-0.1, -0.05) is 25.0 Å². The predicted octanol–water partition coefficient (Wildman–Crippen LogP) is 11.8. The zero-order valence-corrected chi connectivity index (χ0v) is 33.4. The van der Waals surface area contributed by atoms with Crippen LogP contribution in [-0.4, -0.2) is 9.97 Å². The first-order valence-electron chi connectivity index (χ1n) is 18.9. The van der Waals surface area contributed by atoms with Crippen LogP contribution in [0.2, 0.25) is 0 Å². The van der Waals surface area contributed by atoms with Gasteiger partial charge in [0.05, 0.1) is 19.5 Å². The lowest BCUT2D eigenvalue weighted by atomic mass is 9.73. The summed E-state index contributed by atoms with van der Waals surface area (Å²) in [4.78, 5) is 16.7. The highest BCUT2D eigenvalue weighted by molar-refractivity contribution is 7.23. The van der Waals surface area contributed by atoms with E-state index >= 15 is 0 Å². The first-order valence-corrected chi connectivity index (χ1v) is 22.2. The molecule has 56 heavy (non-hydrogen) atoms. The molecule has 2 unspecified atom stereocenters. The Hall–Kier alpha value is -5.34. The number of hydrogen-bond acceptors (Lipinski definition) is 12. The largest absolute Gasteiger partial charge is 0.481 e.